The average Bonchev–Trinajstić information content (AvgIpc) is 2.62. The number of pyridine rings is 1. The number of ether oxygens (including phenoxy) is 2. The van der Waals surface area contributed by atoms with Crippen molar-refractivity contribution in [3.8, 4) is 11.6 Å². The summed E-state index contributed by atoms with van der Waals surface area (Å²) < 4.78 is 70.7. The second-order valence-corrected chi connectivity index (χ2v) is 5.32. The summed E-state index contributed by atoms with van der Waals surface area (Å²) in [6, 6.07) is 5.18. The Labute approximate surface area is 159 Å². The van der Waals surface area contributed by atoms with Crippen LogP contribution >= 0.6 is 0 Å². The minimum Gasteiger partial charge on any atom is -0.494 e. The Morgan fingerprint density at radius 1 is 1.21 bits per heavy atom. The number of hydrogen-bond donors (Lipinski definition) is 1. The average molecular weight is 421 g/mol. The van der Waals surface area contributed by atoms with E-state index in [1.807, 2.05) is 0 Å². The van der Waals surface area contributed by atoms with E-state index in [2.05, 4.69) is 15.0 Å². The van der Waals surface area contributed by atoms with E-state index in [-0.39, 0.29) is 23.6 Å². The number of halogens is 5. The third kappa shape index (κ3) is 5.27. The van der Waals surface area contributed by atoms with E-state index in [9.17, 15) is 36.9 Å². The Balaban J connectivity index is 2.17. The Morgan fingerprint density at radius 3 is 2.41 bits per heavy atom. The summed E-state index contributed by atoms with van der Waals surface area (Å²) in [5, 5.41) is 13.4. The van der Waals surface area contributed by atoms with E-state index in [4.69, 9.17) is 4.74 Å². The molecule has 1 N–H and O–H groups in total. The highest BCUT2D eigenvalue weighted by atomic mass is 19.4. The number of anilines is 1. The summed E-state index contributed by atoms with van der Waals surface area (Å²) in [4.78, 5) is 25.8. The number of hydrogen-bond acceptors (Lipinski definition) is 6. The number of carbonyl (C=O) groups is 1. The van der Waals surface area contributed by atoms with E-state index in [0.29, 0.717) is 12.3 Å². The molecule has 8 nitrogen and oxygen atoms in total. The molecule has 156 valence electrons. The summed E-state index contributed by atoms with van der Waals surface area (Å²) in [5.41, 5.74) is -0.926. The zero-order chi connectivity index (χ0) is 21.8. The quantitative estimate of drug-likeness (QED) is 0.409. The topological polar surface area (TPSA) is 104 Å². The van der Waals surface area contributed by atoms with Crippen LogP contribution in [0.4, 0.5) is 33.3 Å². The summed E-state index contributed by atoms with van der Waals surface area (Å²) in [6.07, 6.45) is -10.7. The van der Waals surface area contributed by atoms with Gasteiger partial charge in [0.1, 0.15) is 11.4 Å². The molecule has 0 fully saturated rings. The molecule has 1 aromatic heterocycles. The van der Waals surface area contributed by atoms with Crippen LogP contribution in [0.25, 0.3) is 0 Å². The molecule has 0 radical (unpaired) electrons. The van der Waals surface area contributed by atoms with Gasteiger partial charge < -0.3 is 14.8 Å². The van der Waals surface area contributed by atoms with Gasteiger partial charge in [0.05, 0.1) is 23.2 Å². The number of amides is 1. The molecule has 13 heteroatoms. The number of rotatable bonds is 7. The number of nitrogens with zero attached hydrogens (tertiary/aromatic N) is 2. The molecule has 0 aliphatic carbocycles. The van der Waals surface area contributed by atoms with Crippen LogP contribution in [0.5, 0.6) is 11.6 Å². The van der Waals surface area contributed by atoms with Crippen LogP contribution in [0.15, 0.2) is 36.5 Å². The third-order valence-corrected chi connectivity index (χ3v) is 3.29. The molecular weight excluding hydrogens is 409 g/mol. The fourth-order valence-corrected chi connectivity index (χ4v) is 1.98. The van der Waals surface area contributed by atoms with Crippen molar-refractivity contribution in [2.75, 3.05) is 11.9 Å². The van der Waals surface area contributed by atoms with Gasteiger partial charge in [0.25, 0.3) is 11.6 Å². The van der Waals surface area contributed by atoms with E-state index >= 15 is 0 Å². The van der Waals surface area contributed by atoms with Crippen molar-refractivity contribution in [1.29, 1.82) is 0 Å². The van der Waals surface area contributed by atoms with Crippen molar-refractivity contribution in [2.24, 2.45) is 0 Å². The van der Waals surface area contributed by atoms with Crippen molar-refractivity contribution in [3.63, 3.8) is 0 Å². The first-order valence-electron chi connectivity index (χ1n) is 7.77. The molecule has 1 heterocycles. The predicted octanol–water partition coefficient (Wildman–Crippen LogP) is 4.17. The molecule has 29 heavy (non-hydrogen) atoms. The van der Waals surface area contributed by atoms with Crippen molar-refractivity contribution in [1.82, 2.24) is 4.98 Å². The van der Waals surface area contributed by atoms with Gasteiger partial charge in [0, 0.05) is 12.3 Å². The summed E-state index contributed by atoms with van der Waals surface area (Å²) in [5.74, 6) is -1.79. The molecule has 0 atom stereocenters. The lowest BCUT2D eigenvalue weighted by atomic mass is 10.2. The first-order chi connectivity index (χ1) is 13.4. The first kappa shape index (κ1) is 21.8. The van der Waals surface area contributed by atoms with Gasteiger partial charge in [-0.2, -0.15) is 22.0 Å². The molecule has 0 spiro atoms. The molecule has 0 bridgehead atoms. The number of alkyl halides is 5. The molecule has 2 rings (SSSR count). The fraction of sp³-hybridized carbons (Fsp3) is 0.250. The molecule has 2 aromatic rings. The van der Waals surface area contributed by atoms with E-state index in [0.717, 1.165) is 12.1 Å². The van der Waals surface area contributed by atoms with Gasteiger partial charge in [-0.1, -0.05) is 0 Å². The largest absolute Gasteiger partial charge is 0.500 e. The van der Waals surface area contributed by atoms with E-state index < -0.39 is 34.7 Å². The van der Waals surface area contributed by atoms with Crippen LogP contribution in [0, 0.1) is 10.1 Å². The van der Waals surface area contributed by atoms with Crippen LogP contribution in [0.3, 0.4) is 0 Å². The normalized spacial score (nSPS) is 11.7. The highest BCUT2D eigenvalue weighted by Crippen LogP contribution is 2.36. The zero-order valence-corrected chi connectivity index (χ0v) is 14.5. The van der Waals surface area contributed by atoms with E-state index in [1.165, 1.54) is 12.1 Å². The van der Waals surface area contributed by atoms with Gasteiger partial charge in [0.2, 0.25) is 5.88 Å². The maximum absolute atomic E-state index is 12.8. The highest BCUT2D eigenvalue weighted by Gasteiger charge is 2.61. The third-order valence-electron chi connectivity index (χ3n) is 3.29. The van der Waals surface area contributed by atoms with Crippen LogP contribution in [-0.2, 0) is 0 Å². The van der Waals surface area contributed by atoms with E-state index in [1.54, 1.807) is 6.92 Å². The van der Waals surface area contributed by atoms with Gasteiger partial charge in [-0.3, -0.25) is 14.9 Å². The molecular formula is C16H12F5N3O5. The summed E-state index contributed by atoms with van der Waals surface area (Å²) >= 11 is 0. The van der Waals surface area contributed by atoms with Crippen LogP contribution in [0.2, 0.25) is 0 Å². The van der Waals surface area contributed by atoms with Gasteiger partial charge in [0.15, 0.2) is 0 Å². The summed E-state index contributed by atoms with van der Waals surface area (Å²) in [7, 11) is 0. The number of carbonyl (C=O) groups excluding carboxylic acids is 1. The van der Waals surface area contributed by atoms with Gasteiger partial charge in [-0.25, -0.2) is 4.98 Å². The van der Waals surface area contributed by atoms with Crippen molar-refractivity contribution >= 4 is 17.3 Å². The van der Waals surface area contributed by atoms with Crippen molar-refractivity contribution in [2.45, 2.75) is 19.2 Å². The predicted molar refractivity (Wildman–Crippen MR) is 88.1 cm³/mol. The van der Waals surface area contributed by atoms with Gasteiger partial charge in [-0.05, 0) is 25.1 Å². The second kappa shape index (κ2) is 8.24. The number of aromatic nitrogens is 1. The maximum Gasteiger partial charge on any atom is 0.500 e. The minimum absolute atomic E-state index is 0.188. The van der Waals surface area contributed by atoms with Crippen molar-refractivity contribution < 1.29 is 41.1 Å². The minimum atomic E-state index is -5.95. The van der Waals surface area contributed by atoms with Gasteiger partial charge >= 0.3 is 12.3 Å². The molecule has 0 aliphatic heterocycles. The Kier molecular flexibility index (Phi) is 6.19. The molecule has 0 unspecified atom stereocenters. The smallest absolute Gasteiger partial charge is 0.494 e. The SMILES string of the molecule is CCOc1ccc(NC(=O)c2ccc(OC(F)(F)C(F)(F)F)nc2)c([N+](=O)[O-])c1. The summed E-state index contributed by atoms with van der Waals surface area (Å²) in [6.45, 7) is 1.93. The Morgan fingerprint density at radius 2 is 1.90 bits per heavy atom. The fourth-order valence-electron chi connectivity index (χ4n) is 1.98. The number of nitro groups is 1. The number of nitro benzene ring substituents is 1. The van der Waals surface area contributed by atoms with Crippen LogP contribution in [0.1, 0.15) is 17.3 Å². The Bertz CT molecular complexity index is 903. The second-order valence-electron chi connectivity index (χ2n) is 5.32. The van der Waals surface area contributed by atoms with Gasteiger partial charge in [-0.15, -0.1) is 0 Å². The first-order valence-corrected chi connectivity index (χ1v) is 7.77. The highest BCUT2D eigenvalue weighted by molar-refractivity contribution is 6.05. The number of benzene rings is 1. The standard InChI is InChI=1S/C16H12F5N3O5/c1-2-28-10-4-5-11(12(7-10)24(26)27)23-14(25)9-3-6-13(22-8-9)29-16(20,21)15(17,18)19/h3-8H,2H2,1H3,(H,23,25). The number of nitrogens with one attached hydrogen (secondary N) is 1. The molecule has 1 aromatic carbocycles. The lowest BCUT2D eigenvalue weighted by Crippen LogP contribution is -2.42. The van der Waals surface area contributed by atoms with Crippen molar-refractivity contribution in [3.05, 3.63) is 52.2 Å². The molecule has 1 amide bonds. The monoisotopic (exact) mass is 421 g/mol. The zero-order valence-electron chi connectivity index (χ0n) is 14.5. The lowest BCUT2D eigenvalue weighted by Gasteiger charge is -2.19. The molecule has 0 saturated heterocycles. The Hall–Kier alpha value is -3.51. The van der Waals surface area contributed by atoms with Crippen LogP contribution < -0.4 is 14.8 Å². The molecule has 0 aliphatic rings. The molecule has 0 saturated carbocycles. The lowest BCUT2D eigenvalue weighted by molar-refractivity contribution is -0.384. The van der Waals surface area contributed by atoms with Crippen LogP contribution in [-0.4, -0.2) is 34.7 Å². The maximum atomic E-state index is 12.8.